The number of hydrogen-bond acceptors (Lipinski definition) is 5. The summed E-state index contributed by atoms with van der Waals surface area (Å²) < 4.78 is 12.1. The molecule has 0 saturated heterocycles. The van der Waals surface area contributed by atoms with Crippen molar-refractivity contribution in [2.24, 2.45) is 0 Å². The zero-order valence-electron chi connectivity index (χ0n) is 13.4. The topological polar surface area (TPSA) is 97.4 Å². The molecule has 7 nitrogen and oxygen atoms in total. The number of nitriles is 1. The molecule has 7 heteroatoms. The van der Waals surface area contributed by atoms with Gasteiger partial charge in [0.2, 0.25) is 0 Å². The van der Waals surface area contributed by atoms with Gasteiger partial charge in [0, 0.05) is 23.4 Å². The van der Waals surface area contributed by atoms with Gasteiger partial charge < -0.3 is 14.6 Å². The third-order valence-corrected chi connectivity index (χ3v) is 3.31. The van der Waals surface area contributed by atoms with Gasteiger partial charge in [-0.15, -0.1) is 0 Å². The summed E-state index contributed by atoms with van der Waals surface area (Å²) in [5.41, 5.74) is 2.00. The molecule has 0 aliphatic heterocycles. The highest BCUT2D eigenvalue weighted by molar-refractivity contribution is 5.87. The van der Waals surface area contributed by atoms with Crippen LogP contribution in [0.2, 0.25) is 0 Å². The van der Waals surface area contributed by atoms with Crippen LogP contribution < -0.4 is 9.47 Å². The van der Waals surface area contributed by atoms with Crippen molar-refractivity contribution in [1.82, 2.24) is 9.78 Å². The van der Waals surface area contributed by atoms with E-state index >= 15 is 0 Å². The van der Waals surface area contributed by atoms with Gasteiger partial charge in [-0.25, -0.2) is 4.79 Å². The van der Waals surface area contributed by atoms with Gasteiger partial charge in [0.05, 0.1) is 38.9 Å². The molecular formula is C17H17N3O4. The molecule has 0 atom stereocenters. The molecule has 124 valence electrons. The normalized spacial score (nSPS) is 10.5. The Morgan fingerprint density at radius 3 is 2.75 bits per heavy atom. The van der Waals surface area contributed by atoms with Gasteiger partial charge in [0.25, 0.3) is 0 Å². The zero-order chi connectivity index (χ0) is 17.5. The predicted octanol–water partition coefficient (Wildman–Crippen LogP) is 2.58. The minimum atomic E-state index is -1.04. The van der Waals surface area contributed by atoms with Crippen molar-refractivity contribution in [3.63, 3.8) is 0 Å². The lowest BCUT2D eigenvalue weighted by Gasteiger charge is -2.09. The van der Waals surface area contributed by atoms with Gasteiger partial charge in [-0.1, -0.05) is 0 Å². The molecule has 1 aromatic heterocycles. The zero-order valence-corrected chi connectivity index (χ0v) is 13.4. The SMILES string of the molecule is COc1ccc(-c2nn(CCC#N)cc2C=CC(=O)O)cc1OC. The van der Waals surface area contributed by atoms with Crippen molar-refractivity contribution in [2.45, 2.75) is 13.0 Å². The Labute approximate surface area is 139 Å². The number of benzene rings is 1. The first-order chi connectivity index (χ1) is 11.6. The van der Waals surface area contributed by atoms with Crippen molar-refractivity contribution in [3.05, 3.63) is 36.0 Å². The molecule has 0 spiro atoms. The number of ether oxygens (including phenoxy) is 2. The molecule has 0 aliphatic carbocycles. The maximum Gasteiger partial charge on any atom is 0.328 e. The van der Waals surface area contributed by atoms with Crippen LogP contribution in [0.15, 0.2) is 30.5 Å². The van der Waals surface area contributed by atoms with Crippen molar-refractivity contribution < 1.29 is 19.4 Å². The molecule has 0 bridgehead atoms. The summed E-state index contributed by atoms with van der Waals surface area (Å²) >= 11 is 0. The summed E-state index contributed by atoms with van der Waals surface area (Å²) in [7, 11) is 3.09. The van der Waals surface area contributed by atoms with E-state index in [-0.39, 0.29) is 0 Å². The lowest BCUT2D eigenvalue weighted by molar-refractivity contribution is -0.131. The van der Waals surface area contributed by atoms with Crippen LogP contribution in [-0.2, 0) is 11.3 Å². The van der Waals surface area contributed by atoms with E-state index in [1.54, 1.807) is 37.2 Å². The maximum absolute atomic E-state index is 10.8. The third kappa shape index (κ3) is 3.93. The van der Waals surface area contributed by atoms with E-state index in [2.05, 4.69) is 11.2 Å². The molecule has 2 aromatic rings. The molecular weight excluding hydrogens is 310 g/mol. The number of carbonyl (C=O) groups is 1. The standard InChI is InChI=1S/C17H17N3O4/c1-23-14-6-4-12(10-15(14)24-2)17-13(5-7-16(21)22)11-20(19-17)9-3-8-18/h4-7,10-11H,3,9H2,1-2H3,(H,21,22). The minimum absolute atomic E-state index is 0.315. The van der Waals surface area contributed by atoms with Crippen LogP contribution in [0.5, 0.6) is 11.5 Å². The molecule has 1 N–H and O–H groups in total. The summed E-state index contributed by atoms with van der Waals surface area (Å²) in [5, 5.41) is 22.0. The first-order valence-electron chi connectivity index (χ1n) is 7.17. The lowest BCUT2D eigenvalue weighted by atomic mass is 10.1. The van der Waals surface area contributed by atoms with E-state index in [4.69, 9.17) is 19.8 Å². The molecule has 2 rings (SSSR count). The molecule has 24 heavy (non-hydrogen) atoms. The largest absolute Gasteiger partial charge is 0.493 e. The first-order valence-corrected chi connectivity index (χ1v) is 7.17. The Morgan fingerprint density at radius 2 is 2.12 bits per heavy atom. The Hall–Kier alpha value is -3.27. The Balaban J connectivity index is 2.48. The average Bonchev–Trinajstić information content (AvgIpc) is 3.00. The van der Waals surface area contributed by atoms with E-state index < -0.39 is 5.97 Å². The molecule has 0 saturated carbocycles. The highest BCUT2D eigenvalue weighted by Gasteiger charge is 2.13. The Kier molecular flexibility index (Phi) is 5.58. The van der Waals surface area contributed by atoms with Gasteiger partial charge in [-0.05, 0) is 24.3 Å². The average molecular weight is 327 g/mol. The fraction of sp³-hybridized carbons (Fsp3) is 0.235. The molecule has 0 unspecified atom stereocenters. The van der Waals surface area contributed by atoms with Gasteiger partial charge in [0.15, 0.2) is 11.5 Å². The molecule has 1 heterocycles. The van der Waals surface area contributed by atoms with Crippen LogP contribution in [0, 0.1) is 11.3 Å². The van der Waals surface area contributed by atoms with Crippen molar-refractivity contribution >= 4 is 12.0 Å². The summed E-state index contributed by atoms with van der Waals surface area (Å²) in [5.74, 6) is 0.0977. The number of rotatable bonds is 7. The van der Waals surface area contributed by atoms with Gasteiger partial charge in [0.1, 0.15) is 0 Å². The van der Waals surface area contributed by atoms with Crippen LogP contribution >= 0.6 is 0 Å². The number of nitrogens with zero attached hydrogens (tertiary/aromatic N) is 3. The monoisotopic (exact) mass is 327 g/mol. The molecule has 0 radical (unpaired) electrons. The fourth-order valence-electron chi connectivity index (χ4n) is 2.21. The fourth-order valence-corrected chi connectivity index (χ4v) is 2.21. The first kappa shape index (κ1) is 17.1. The minimum Gasteiger partial charge on any atom is -0.493 e. The van der Waals surface area contributed by atoms with Gasteiger partial charge in [-0.3, -0.25) is 4.68 Å². The number of aliphatic carboxylic acids is 1. The van der Waals surface area contributed by atoms with Gasteiger partial charge in [-0.2, -0.15) is 10.4 Å². The Bertz CT molecular complexity index is 803. The predicted molar refractivity (Wildman–Crippen MR) is 87.7 cm³/mol. The molecule has 0 aliphatic rings. The highest BCUT2D eigenvalue weighted by atomic mass is 16.5. The van der Waals surface area contributed by atoms with Crippen LogP contribution in [0.25, 0.3) is 17.3 Å². The number of carboxylic acid groups (broad SMARTS) is 1. The van der Waals surface area contributed by atoms with E-state index in [0.717, 1.165) is 11.6 Å². The van der Waals surface area contributed by atoms with Crippen LogP contribution in [-0.4, -0.2) is 35.1 Å². The lowest BCUT2D eigenvalue weighted by Crippen LogP contribution is -1.97. The maximum atomic E-state index is 10.8. The molecule has 1 aromatic carbocycles. The second kappa shape index (κ2) is 7.83. The van der Waals surface area contributed by atoms with Gasteiger partial charge >= 0.3 is 5.97 Å². The number of carboxylic acids is 1. The van der Waals surface area contributed by atoms with Crippen LogP contribution in [0.1, 0.15) is 12.0 Å². The van der Waals surface area contributed by atoms with Crippen molar-refractivity contribution in [2.75, 3.05) is 14.2 Å². The number of hydrogen-bond donors (Lipinski definition) is 1. The third-order valence-electron chi connectivity index (χ3n) is 3.31. The highest BCUT2D eigenvalue weighted by Crippen LogP contribution is 2.33. The number of methoxy groups -OCH3 is 2. The van der Waals surface area contributed by atoms with E-state index in [9.17, 15) is 4.79 Å². The molecule has 0 fully saturated rings. The summed E-state index contributed by atoms with van der Waals surface area (Å²) in [6.45, 7) is 0.428. The second-order valence-electron chi connectivity index (χ2n) is 4.85. The van der Waals surface area contributed by atoms with E-state index in [1.165, 1.54) is 6.08 Å². The summed E-state index contributed by atoms with van der Waals surface area (Å²) in [6.07, 6.45) is 4.55. The number of aryl methyl sites for hydroxylation is 1. The summed E-state index contributed by atoms with van der Waals surface area (Å²) in [6, 6.07) is 7.40. The van der Waals surface area contributed by atoms with Crippen molar-refractivity contribution in [1.29, 1.82) is 5.26 Å². The second-order valence-corrected chi connectivity index (χ2v) is 4.85. The van der Waals surface area contributed by atoms with Crippen molar-refractivity contribution in [3.8, 4) is 28.8 Å². The smallest absolute Gasteiger partial charge is 0.328 e. The molecule has 0 amide bonds. The number of aromatic nitrogens is 2. The summed E-state index contributed by atoms with van der Waals surface area (Å²) in [4.78, 5) is 10.8. The van der Waals surface area contributed by atoms with Crippen LogP contribution in [0.4, 0.5) is 0 Å². The van der Waals surface area contributed by atoms with Crippen LogP contribution in [0.3, 0.4) is 0 Å². The van der Waals surface area contributed by atoms with E-state index in [1.807, 2.05) is 6.07 Å². The van der Waals surface area contributed by atoms with E-state index in [0.29, 0.717) is 35.7 Å². The quantitative estimate of drug-likeness (QED) is 0.785. The Morgan fingerprint density at radius 1 is 1.38 bits per heavy atom.